The lowest BCUT2D eigenvalue weighted by Crippen LogP contribution is -2.56. The predicted octanol–water partition coefficient (Wildman–Crippen LogP) is 2.40. The minimum absolute atomic E-state index is 0.528. The first kappa shape index (κ1) is 13.3. The van der Waals surface area contributed by atoms with Gasteiger partial charge < -0.3 is 10.6 Å². The molecule has 1 aliphatic rings. The van der Waals surface area contributed by atoms with Crippen molar-refractivity contribution in [1.82, 2.24) is 10.6 Å². The van der Waals surface area contributed by atoms with Crippen LogP contribution in [0.15, 0.2) is 60.7 Å². The topological polar surface area (TPSA) is 24.1 Å². The quantitative estimate of drug-likeness (QED) is 0.888. The molecule has 0 radical (unpaired) electrons. The van der Waals surface area contributed by atoms with E-state index < -0.39 is 0 Å². The number of piperazine rings is 1. The van der Waals surface area contributed by atoms with Crippen molar-refractivity contribution in [2.24, 2.45) is 0 Å². The average molecular weight is 266 g/mol. The smallest absolute Gasteiger partial charge is 0.0236 e. The number of hydrogen-bond acceptors (Lipinski definition) is 2. The zero-order valence-corrected chi connectivity index (χ0v) is 11.8. The van der Waals surface area contributed by atoms with Gasteiger partial charge in [-0.15, -0.1) is 0 Å². The van der Waals surface area contributed by atoms with E-state index in [4.69, 9.17) is 0 Å². The van der Waals surface area contributed by atoms with Crippen LogP contribution in [0, 0.1) is 0 Å². The minimum atomic E-state index is 0.528. The highest BCUT2D eigenvalue weighted by Gasteiger charge is 2.20. The van der Waals surface area contributed by atoms with Crippen molar-refractivity contribution < 1.29 is 0 Å². The van der Waals surface area contributed by atoms with E-state index in [9.17, 15) is 0 Å². The van der Waals surface area contributed by atoms with E-state index in [1.165, 1.54) is 11.1 Å². The first-order valence-electron chi connectivity index (χ1n) is 7.45. The van der Waals surface area contributed by atoms with Crippen molar-refractivity contribution in [3.8, 4) is 0 Å². The fraction of sp³-hybridized carbons (Fsp3) is 0.333. The summed E-state index contributed by atoms with van der Waals surface area (Å²) in [6, 6.07) is 22.5. The second kappa shape index (κ2) is 6.69. The molecule has 0 unspecified atom stereocenters. The number of nitrogens with one attached hydrogen (secondary N) is 2. The molecule has 2 aromatic rings. The molecular weight excluding hydrogens is 244 g/mol. The molecule has 3 rings (SSSR count). The predicted molar refractivity (Wildman–Crippen MR) is 83.9 cm³/mol. The highest BCUT2D eigenvalue weighted by Crippen LogP contribution is 2.09. The lowest BCUT2D eigenvalue weighted by Gasteiger charge is -2.32. The Bertz CT molecular complexity index is 462. The van der Waals surface area contributed by atoms with E-state index in [1.807, 2.05) is 0 Å². The molecule has 0 amide bonds. The number of benzene rings is 2. The summed E-state index contributed by atoms with van der Waals surface area (Å²) in [5, 5.41) is 7.35. The summed E-state index contributed by atoms with van der Waals surface area (Å²) in [6.45, 7) is 2.11. The molecule has 20 heavy (non-hydrogen) atoms. The third-order valence-electron chi connectivity index (χ3n) is 3.90. The Kier molecular flexibility index (Phi) is 4.46. The molecule has 2 heteroatoms. The van der Waals surface area contributed by atoms with Crippen LogP contribution in [-0.2, 0) is 12.8 Å². The van der Waals surface area contributed by atoms with Gasteiger partial charge in [0.2, 0.25) is 0 Å². The lowest BCUT2D eigenvalue weighted by molar-refractivity contribution is 0.334. The van der Waals surface area contributed by atoms with E-state index in [0.29, 0.717) is 12.1 Å². The Morgan fingerprint density at radius 3 is 1.60 bits per heavy atom. The minimum Gasteiger partial charge on any atom is -0.314 e. The molecule has 0 bridgehead atoms. The van der Waals surface area contributed by atoms with Crippen LogP contribution in [0.3, 0.4) is 0 Å². The van der Waals surface area contributed by atoms with Crippen LogP contribution < -0.4 is 10.6 Å². The Morgan fingerprint density at radius 1 is 0.700 bits per heavy atom. The van der Waals surface area contributed by atoms with Crippen molar-refractivity contribution in [1.29, 1.82) is 0 Å². The Balaban J connectivity index is 1.57. The Labute approximate surface area is 121 Å². The van der Waals surface area contributed by atoms with Gasteiger partial charge in [-0.2, -0.15) is 0 Å². The lowest BCUT2D eigenvalue weighted by atomic mass is 9.99. The summed E-state index contributed by atoms with van der Waals surface area (Å²) in [4.78, 5) is 0. The molecule has 2 atom stereocenters. The van der Waals surface area contributed by atoms with E-state index in [0.717, 1.165) is 25.9 Å². The molecule has 0 aromatic heterocycles. The first-order chi connectivity index (χ1) is 9.90. The summed E-state index contributed by atoms with van der Waals surface area (Å²) >= 11 is 0. The second-order valence-corrected chi connectivity index (χ2v) is 5.60. The van der Waals surface area contributed by atoms with Gasteiger partial charge in [-0.05, 0) is 24.0 Å². The fourth-order valence-corrected chi connectivity index (χ4v) is 2.94. The summed E-state index contributed by atoms with van der Waals surface area (Å²) in [7, 11) is 0. The van der Waals surface area contributed by atoms with Gasteiger partial charge >= 0.3 is 0 Å². The molecule has 2 aromatic carbocycles. The fourth-order valence-electron chi connectivity index (χ4n) is 2.94. The molecule has 1 aliphatic heterocycles. The second-order valence-electron chi connectivity index (χ2n) is 5.60. The van der Waals surface area contributed by atoms with Crippen molar-refractivity contribution >= 4 is 0 Å². The maximum atomic E-state index is 3.79. The molecule has 0 saturated carbocycles. The molecule has 1 saturated heterocycles. The van der Waals surface area contributed by atoms with Crippen LogP contribution in [0.1, 0.15) is 11.1 Å². The molecule has 104 valence electrons. The van der Waals surface area contributed by atoms with Crippen molar-refractivity contribution in [3.05, 3.63) is 71.8 Å². The van der Waals surface area contributed by atoms with Gasteiger partial charge in [0.1, 0.15) is 0 Å². The molecule has 2 N–H and O–H groups in total. The Morgan fingerprint density at radius 2 is 1.15 bits per heavy atom. The average Bonchev–Trinajstić information content (AvgIpc) is 2.50. The first-order valence-corrected chi connectivity index (χ1v) is 7.45. The van der Waals surface area contributed by atoms with Crippen LogP contribution in [0.4, 0.5) is 0 Å². The van der Waals surface area contributed by atoms with Gasteiger partial charge in [0.25, 0.3) is 0 Å². The van der Waals surface area contributed by atoms with Crippen LogP contribution in [0.25, 0.3) is 0 Å². The largest absolute Gasteiger partial charge is 0.314 e. The third kappa shape index (κ3) is 3.69. The molecule has 1 fully saturated rings. The van der Waals surface area contributed by atoms with Crippen LogP contribution in [0.5, 0.6) is 0 Å². The standard InChI is InChI=1S/C18H22N2/c1-3-7-15(8-4-1)11-17-13-19-14-18(20-17)12-16-9-5-2-6-10-16/h1-10,17-20H,11-14H2/t17-,18-/m0/s1. The van der Waals surface area contributed by atoms with Gasteiger partial charge in [-0.3, -0.25) is 0 Å². The zero-order chi connectivity index (χ0) is 13.6. The van der Waals surface area contributed by atoms with Gasteiger partial charge in [0.05, 0.1) is 0 Å². The van der Waals surface area contributed by atoms with E-state index >= 15 is 0 Å². The summed E-state index contributed by atoms with van der Waals surface area (Å²) in [6.07, 6.45) is 2.19. The molecule has 0 spiro atoms. The third-order valence-corrected chi connectivity index (χ3v) is 3.90. The van der Waals surface area contributed by atoms with Crippen molar-refractivity contribution in [2.75, 3.05) is 13.1 Å². The van der Waals surface area contributed by atoms with Crippen LogP contribution in [-0.4, -0.2) is 25.2 Å². The van der Waals surface area contributed by atoms with Crippen molar-refractivity contribution in [3.63, 3.8) is 0 Å². The molecular formula is C18H22N2. The Hall–Kier alpha value is -1.64. The van der Waals surface area contributed by atoms with Gasteiger partial charge in [0, 0.05) is 25.2 Å². The highest BCUT2D eigenvalue weighted by molar-refractivity contribution is 5.18. The molecule has 0 aliphatic carbocycles. The highest BCUT2D eigenvalue weighted by atomic mass is 15.1. The van der Waals surface area contributed by atoms with Crippen LogP contribution >= 0.6 is 0 Å². The molecule has 1 heterocycles. The van der Waals surface area contributed by atoms with E-state index in [1.54, 1.807) is 0 Å². The monoisotopic (exact) mass is 266 g/mol. The van der Waals surface area contributed by atoms with Gasteiger partial charge in [-0.25, -0.2) is 0 Å². The van der Waals surface area contributed by atoms with Crippen molar-refractivity contribution in [2.45, 2.75) is 24.9 Å². The summed E-state index contributed by atoms with van der Waals surface area (Å²) in [5.74, 6) is 0. The number of rotatable bonds is 4. The maximum Gasteiger partial charge on any atom is 0.0236 e. The number of hydrogen-bond donors (Lipinski definition) is 2. The van der Waals surface area contributed by atoms with Gasteiger partial charge in [-0.1, -0.05) is 60.7 Å². The van der Waals surface area contributed by atoms with E-state index in [-0.39, 0.29) is 0 Å². The molecule has 2 nitrogen and oxygen atoms in total. The summed E-state index contributed by atoms with van der Waals surface area (Å²) < 4.78 is 0. The summed E-state index contributed by atoms with van der Waals surface area (Å²) in [5.41, 5.74) is 2.82. The normalized spacial score (nSPS) is 22.6. The van der Waals surface area contributed by atoms with Gasteiger partial charge in [0.15, 0.2) is 0 Å². The van der Waals surface area contributed by atoms with Crippen LogP contribution in [0.2, 0.25) is 0 Å². The SMILES string of the molecule is c1ccc(C[C@H]2CNC[C@H](Cc3ccccc3)N2)cc1. The zero-order valence-electron chi connectivity index (χ0n) is 11.8. The van der Waals surface area contributed by atoms with E-state index in [2.05, 4.69) is 71.3 Å². The maximum absolute atomic E-state index is 3.79.